The minimum Gasteiger partial charge on any atom is -0.487 e. The molecule has 3 rings (SSSR count). The fourth-order valence-electron chi connectivity index (χ4n) is 4.22. The van der Waals surface area contributed by atoms with Crippen molar-refractivity contribution in [2.75, 3.05) is 31.2 Å². The summed E-state index contributed by atoms with van der Waals surface area (Å²) < 4.78 is 36.8. The van der Waals surface area contributed by atoms with Crippen molar-refractivity contribution in [1.29, 1.82) is 0 Å². The lowest BCUT2D eigenvalue weighted by Gasteiger charge is -2.21. The number of anilines is 1. The third kappa shape index (κ3) is 8.52. The Morgan fingerprint density at radius 3 is 2.54 bits per heavy atom. The number of thioether (sulfide) groups is 1. The predicted octanol–water partition coefficient (Wildman–Crippen LogP) is 2.83. The van der Waals surface area contributed by atoms with Crippen LogP contribution in [0.15, 0.2) is 52.5 Å². The number of carboxylic acid groups (broad SMARTS) is 1. The zero-order valence-corrected chi connectivity index (χ0v) is 25.0. The van der Waals surface area contributed by atoms with E-state index in [1.165, 1.54) is 30.0 Å². The number of para-hydroxylation sites is 2. The molecule has 1 heterocycles. The number of carbonyl (C=O) groups is 3. The predicted molar refractivity (Wildman–Crippen MR) is 157 cm³/mol. The Kier molecular flexibility index (Phi) is 11.3. The molecule has 0 aliphatic rings. The topological polar surface area (TPSA) is 160 Å². The maximum atomic E-state index is 13.3. The molecule has 1 amide bonds. The summed E-state index contributed by atoms with van der Waals surface area (Å²) in [5.74, 6) is -1.68. The molecule has 2 aromatic carbocycles. The van der Waals surface area contributed by atoms with Crippen LogP contribution in [0.2, 0.25) is 0 Å². The number of fused-ring (bicyclic) bond motifs is 1. The van der Waals surface area contributed by atoms with Gasteiger partial charge >= 0.3 is 5.97 Å². The Bertz CT molecular complexity index is 1490. The Labute approximate surface area is 243 Å². The van der Waals surface area contributed by atoms with E-state index in [0.29, 0.717) is 25.3 Å². The number of aliphatic carboxylic acids is 1. The lowest BCUT2D eigenvalue weighted by Crippen LogP contribution is -2.38. The Hall–Kier alpha value is -3.46. The summed E-state index contributed by atoms with van der Waals surface area (Å²) in [5, 5.41) is 12.6. The van der Waals surface area contributed by atoms with Crippen molar-refractivity contribution in [3.63, 3.8) is 0 Å². The highest BCUT2D eigenvalue weighted by atomic mass is 32.2. The van der Waals surface area contributed by atoms with Gasteiger partial charge in [0.05, 0.1) is 36.6 Å². The first-order chi connectivity index (χ1) is 19.5. The monoisotopic (exact) mass is 605 g/mol. The van der Waals surface area contributed by atoms with Crippen LogP contribution in [0.3, 0.4) is 0 Å². The average Bonchev–Trinajstić information content (AvgIpc) is 3.28. The molecule has 12 nitrogen and oxygen atoms in total. The molecule has 2 atom stereocenters. The number of ether oxygens (including phenoxy) is 1. The molecule has 0 saturated carbocycles. The minimum atomic E-state index is -4.39. The largest absolute Gasteiger partial charge is 0.487 e. The molecule has 0 saturated heterocycles. The molecule has 0 aliphatic heterocycles. The van der Waals surface area contributed by atoms with E-state index in [2.05, 4.69) is 15.0 Å². The van der Waals surface area contributed by atoms with Crippen LogP contribution >= 0.6 is 11.8 Å². The number of nitrogens with zero attached hydrogens (tertiary/aromatic N) is 3. The number of rotatable bonds is 16. The number of imidazole rings is 1. The molecule has 14 heteroatoms. The highest BCUT2D eigenvalue weighted by Gasteiger charge is 2.27. The fourth-order valence-corrected chi connectivity index (χ4v) is 6.08. The van der Waals surface area contributed by atoms with E-state index in [0.717, 1.165) is 16.2 Å². The quantitative estimate of drug-likeness (QED) is 0.164. The fraction of sp³-hybridized carbons (Fsp3) is 0.407. The van der Waals surface area contributed by atoms with E-state index in [1.54, 1.807) is 6.92 Å². The number of aromatic nitrogens is 2. The summed E-state index contributed by atoms with van der Waals surface area (Å²) in [6.45, 7) is 7.52. The number of aldehydes is 1. The van der Waals surface area contributed by atoms with E-state index in [1.807, 2.05) is 53.8 Å². The molecule has 0 bridgehead atoms. The van der Waals surface area contributed by atoms with E-state index in [4.69, 9.17) is 9.84 Å². The summed E-state index contributed by atoms with van der Waals surface area (Å²) in [6, 6.07) is 10.2. The molecular formula is C27H35N5O7S2. The van der Waals surface area contributed by atoms with Crippen LogP contribution in [0, 0.1) is 0 Å². The molecule has 1 unspecified atom stereocenters. The van der Waals surface area contributed by atoms with Crippen molar-refractivity contribution >= 4 is 56.7 Å². The maximum absolute atomic E-state index is 13.3. The van der Waals surface area contributed by atoms with Crippen molar-refractivity contribution in [2.24, 2.45) is 0 Å². The first kappa shape index (κ1) is 32.1. The highest BCUT2D eigenvalue weighted by molar-refractivity contribution is 7.98. The zero-order chi connectivity index (χ0) is 30.2. The first-order valence-electron chi connectivity index (χ1n) is 13.0. The number of amides is 1. The van der Waals surface area contributed by atoms with E-state index in [-0.39, 0.29) is 29.4 Å². The van der Waals surface area contributed by atoms with Crippen LogP contribution in [0.4, 0.5) is 5.69 Å². The van der Waals surface area contributed by atoms with Crippen LogP contribution in [-0.2, 0) is 31.0 Å². The van der Waals surface area contributed by atoms with Gasteiger partial charge in [0.25, 0.3) is 0 Å². The molecule has 41 heavy (non-hydrogen) atoms. The van der Waals surface area contributed by atoms with Gasteiger partial charge in [-0.05, 0) is 50.5 Å². The molecule has 0 radical (unpaired) electrons. The summed E-state index contributed by atoms with van der Waals surface area (Å²) in [4.78, 5) is 41.4. The van der Waals surface area contributed by atoms with Gasteiger partial charge in [-0.25, -0.2) is 18.1 Å². The first-order valence-corrected chi connectivity index (χ1v) is 15.7. The van der Waals surface area contributed by atoms with Crippen LogP contribution < -0.4 is 14.8 Å². The average molecular weight is 606 g/mol. The summed E-state index contributed by atoms with van der Waals surface area (Å²) in [7, 11) is -4.39. The second kappa shape index (κ2) is 14.4. The van der Waals surface area contributed by atoms with Gasteiger partial charge in [-0.1, -0.05) is 37.7 Å². The second-order valence-electron chi connectivity index (χ2n) is 9.26. The number of carbonyl (C=O) groups excluding carboxylic acids is 2. The van der Waals surface area contributed by atoms with Gasteiger partial charge < -0.3 is 24.5 Å². The Balaban J connectivity index is 1.95. The number of carboxylic acids is 1. The third-order valence-corrected chi connectivity index (χ3v) is 8.42. The van der Waals surface area contributed by atoms with Gasteiger partial charge in [-0.2, -0.15) is 0 Å². The van der Waals surface area contributed by atoms with Crippen molar-refractivity contribution in [3.05, 3.63) is 42.5 Å². The van der Waals surface area contributed by atoms with Gasteiger partial charge in [0.1, 0.15) is 23.0 Å². The van der Waals surface area contributed by atoms with Gasteiger partial charge in [0.2, 0.25) is 15.9 Å². The molecule has 3 N–H and O–H groups in total. The molecule has 0 aliphatic carbocycles. The normalized spacial score (nSPS) is 13.2. The second-order valence-corrected chi connectivity index (χ2v) is 11.7. The van der Waals surface area contributed by atoms with Gasteiger partial charge in [0.15, 0.2) is 5.16 Å². The standard InChI is InChI=1S/C27H35N5O7S2/c1-5-31(6-2)16-25(34)28-19-11-12-24(41(37,38)30-20(17-33)14-26(35)36)23(13-19)39-18(3)15-32-22-10-8-7-9-21(22)29-27(32)40-4/h7-13,17-18,20,30H,5-6,14-16H2,1-4H3,(H,28,34)(H,35,36)/t18-,20?/m1/s1. The molecule has 3 aromatic rings. The van der Waals surface area contributed by atoms with E-state index >= 15 is 0 Å². The molecule has 0 spiro atoms. The van der Waals surface area contributed by atoms with Gasteiger partial charge in [0, 0.05) is 11.8 Å². The molecule has 0 fully saturated rings. The number of sulfonamides is 1. The lowest BCUT2D eigenvalue weighted by atomic mass is 10.2. The number of hydrogen-bond donors (Lipinski definition) is 3. The third-order valence-electron chi connectivity index (χ3n) is 6.21. The van der Waals surface area contributed by atoms with Crippen LogP contribution in [0.25, 0.3) is 11.0 Å². The van der Waals surface area contributed by atoms with Crippen molar-refractivity contribution in [2.45, 2.75) is 55.9 Å². The maximum Gasteiger partial charge on any atom is 0.305 e. The Morgan fingerprint density at radius 1 is 1.20 bits per heavy atom. The summed E-state index contributed by atoms with van der Waals surface area (Å²) in [6.07, 6.45) is 0.852. The van der Waals surface area contributed by atoms with Crippen LogP contribution in [-0.4, -0.2) is 84.2 Å². The van der Waals surface area contributed by atoms with Gasteiger partial charge in [-0.15, -0.1) is 0 Å². The Morgan fingerprint density at radius 2 is 1.90 bits per heavy atom. The van der Waals surface area contributed by atoms with E-state index < -0.39 is 34.6 Å². The smallest absolute Gasteiger partial charge is 0.305 e. The van der Waals surface area contributed by atoms with Crippen molar-refractivity contribution in [1.82, 2.24) is 19.2 Å². The zero-order valence-electron chi connectivity index (χ0n) is 23.4. The number of likely N-dealkylation sites (N-methyl/N-ethyl adjacent to an activating group) is 1. The number of nitrogens with one attached hydrogen (secondary N) is 2. The summed E-state index contributed by atoms with van der Waals surface area (Å²) >= 11 is 1.47. The minimum absolute atomic E-state index is 0.0688. The summed E-state index contributed by atoms with van der Waals surface area (Å²) in [5.41, 5.74) is 2.02. The lowest BCUT2D eigenvalue weighted by molar-refractivity contribution is -0.138. The highest BCUT2D eigenvalue weighted by Crippen LogP contribution is 2.30. The molecule has 222 valence electrons. The molecule has 1 aromatic heterocycles. The van der Waals surface area contributed by atoms with Gasteiger partial charge in [-0.3, -0.25) is 14.5 Å². The van der Waals surface area contributed by atoms with Crippen molar-refractivity contribution < 1.29 is 32.6 Å². The van der Waals surface area contributed by atoms with Crippen molar-refractivity contribution in [3.8, 4) is 5.75 Å². The van der Waals surface area contributed by atoms with Crippen LogP contribution in [0.5, 0.6) is 5.75 Å². The number of benzene rings is 2. The number of hydrogen-bond acceptors (Lipinski definition) is 9. The van der Waals surface area contributed by atoms with Crippen LogP contribution in [0.1, 0.15) is 27.2 Å². The van der Waals surface area contributed by atoms with E-state index in [9.17, 15) is 22.8 Å². The molecular weight excluding hydrogens is 570 g/mol. The SMILES string of the molecule is CCN(CC)CC(=O)Nc1ccc(S(=O)(=O)NC(C=O)CC(=O)O)c(O[C@H](C)Cn2c(SC)nc3ccccc32)c1.